The van der Waals surface area contributed by atoms with Gasteiger partial charge in [-0.05, 0) is 26.7 Å². The molecule has 1 unspecified atom stereocenters. The van der Waals surface area contributed by atoms with E-state index >= 15 is 0 Å². The molecule has 0 bridgehead atoms. The number of ether oxygens (including phenoxy) is 1. The van der Waals surface area contributed by atoms with Gasteiger partial charge in [-0.2, -0.15) is 0 Å². The van der Waals surface area contributed by atoms with Crippen LogP contribution in [0.3, 0.4) is 0 Å². The van der Waals surface area contributed by atoms with Crippen LogP contribution < -0.4 is 5.14 Å². The quantitative estimate of drug-likeness (QED) is 0.648. The fourth-order valence-corrected chi connectivity index (χ4v) is 2.51. The summed E-state index contributed by atoms with van der Waals surface area (Å²) < 4.78 is 27.4. The molecule has 0 amide bonds. The van der Waals surface area contributed by atoms with Crippen LogP contribution in [0.25, 0.3) is 0 Å². The van der Waals surface area contributed by atoms with Crippen molar-refractivity contribution in [3.63, 3.8) is 0 Å². The molecular weight excluding hydrogens is 178 g/mol. The van der Waals surface area contributed by atoms with Crippen molar-refractivity contribution in [1.29, 1.82) is 0 Å². The maximum Gasteiger partial charge on any atom is 0.212 e. The SMILES string of the molecule is CC1(C)CC(S(N)(=O)=O)CCO1. The van der Waals surface area contributed by atoms with Gasteiger partial charge in [-0.15, -0.1) is 0 Å². The van der Waals surface area contributed by atoms with Gasteiger partial charge in [0.25, 0.3) is 0 Å². The summed E-state index contributed by atoms with van der Waals surface area (Å²) in [5.74, 6) is 0. The standard InChI is InChI=1S/C7H15NO3S/c1-7(2)5-6(3-4-11-7)12(8,9)10/h6H,3-5H2,1-2H3,(H2,8,9,10). The number of nitrogens with two attached hydrogens (primary N) is 1. The van der Waals surface area contributed by atoms with Crippen LogP contribution in [0, 0.1) is 0 Å². The van der Waals surface area contributed by atoms with Crippen molar-refractivity contribution in [2.24, 2.45) is 5.14 Å². The molecule has 1 rings (SSSR count). The van der Waals surface area contributed by atoms with Crippen LogP contribution in [0.5, 0.6) is 0 Å². The Labute approximate surface area is 73.1 Å². The van der Waals surface area contributed by atoms with Gasteiger partial charge in [0.05, 0.1) is 10.9 Å². The van der Waals surface area contributed by atoms with Crippen molar-refractivity contribution in [2.45, 2.75) is 37.5 Å². The van der Waals surface area contributed by atoms with Crippen molar-refractivity contribution in [2.75, 3.05) is 6.61 Å². The molecule has 0 aromatic heterocycles. The van der Waals surface area contributed by atoms with Crippen molar-refractivity contribution >= 4 is 10.0 Å². The zero-order valence-electron chi connectivity index (χ0n) is 7.41. The number of primary sulfonamides is 1. The zero-order chi connectivity index (χ0) is 9.41. The molecule has 0 spiro atoms. The summed E-state index contributed by atoms with van der Waals surface area (Å²) in [6, 6.07) is 0. The Morgan fingerprint density at radius 1 is 1.50 bits per heavy atom. The van der Waals surface area contributed by atoms with Gasteiger partial charge in [0, 0.05) is 6.61 Å². The van der Waals surface area contributed by atoms with Crippen molar-refractivity contribution in [3.05, 3.63) is 0 Å². The molecule has 72 valence electrons. The Bertz CT molecular complexity index is 258. The zero-order valence-corrected chi connectivity index (χ0v) is 8.23. The largest absolute Gasteiger partial charge is 0.375 e. The van der Waals surface area contributed by atoms with Gasteiger partial charge >= 0.3 is 0 Å². The molecule has 0 aromatic rings. The number of rotatable bonds is 1. The van der Waals surface area contributed by atoms with E-state index in [0.717, 1.165) is 0 Å². The van der Waals surface area contributed by atoms with Crippen LogP contribution in [-0.2, 0) is 14.8 Å². The van der Waals surface area contributed by atoms with Gasteiger partial charge in [0.15, 0.2) is 0 Å². The third-order valence-electron chi connectivity index (χ3n) is 2.12. The highest BCUT2D eigenvalue weighted by atomic mass is 32.2. The summed E-state index contributed by atoms with van der Waals surface area (Å²) in [6.07, 6.45) is 1.01. The van der Waals surface area contributed by atoms with Crippen molar-refractivity contribution < 1.29 is 13.2 Å². The number of hydrogen-bond acceptors (Lipinski definition) is 3. The van der Waals surface area contributed by atoms with E-state index in [9.17, 15) is 8.42 Å². The van der Waals surface area contributed by atoms with Crippen molar-refractivity contribution in [1.82, 2.24) is 0 Å². The van der Waals surface area contributed by atoms with E-state index in [1.165, 1.54) is 0 Å². The first-order valence-corrected chi connectivity index (χ1v) is 5.58. The minimum Gasteiger partial charge on any atom is -0.375 e. The van der Waals surface area contributed by atoms with Crippen LogP contribution >= 0.6 is 0 Å². The Balaban J connectivity index is 2.71. The van der Waals surface area contributed by atoms with Gasteiger partial charge in [0.2, 0.25) is 10.0 Å². The van der Waals surface area contributed by atoms with E-state index in [0.29, 0.717) is 19.4 Å². The van der Waals surface area contributed by atoms with E-state index in [2.05, 4.69) is 0 Å². The van der Waals surface area contributed by atoms with Gasteiger partial charge in [-0.3, -0.25) is 0 Å². The average molecular weight is 193 g/mol. The van der Waals surface area contributed by atoms with E-state index < -0.39 is 15.3 Å². The predicted molar refractivity (Wildman–Crippen MR) is 46.2 cm³/mol. The Hall–Kier alpha value is -0.130. The summed E-state index contributed by atoms with van der Waals surface area (Å²) in [7, 11) is -3.38. The van der Waals surface area contributed by atoms with Gasteiger partial charge in [-0.25, -0.2) is 13.6 Å². The second-order valence-corrected chi connectivity index (χ2v) is 5.66. The smallest absolute Gasteiger partial charge is 0.212 e. The Morgan fingerprint density at radius 2 is 2.08 bits per heavy atom. The summed E-state index contributed by atoms with van der Waals surface area (Å²) in [5, 5.41) is 4.62. The lowest BCUT2D eigenvalue weighted by Crippen LogP contribution is -2.42. The highest BCUT2D eigenvalue weighted by Gasteiger charge is 2.34. The monoisotopic (exact) mass is 193 g/mol. The molecule has 1 aliphatic rings. The summed E-state index contributed by atoms with van der Waals surface area (Å²) in [4.78, 5) is 0. The lowest BCUT2D eigenvalue weighted by Gasteiger charge is -2.34. The van der Waals surface area contributed by atoms with E-state index in [1.807, 2.05) is 13.8 Å². The second-order valence-electron chi connectivity index (χ2n) is 3.81. The summed E-state index contributed by atoms with van der Waals surface area (Å²) in [5.41, 5.74) is -0.352. The molecule has 2 N–H and O–H groups in total. The van der Waals surface area contributed by atoms with Crippen LogP contribution in [-0.4, -0.2) is 25.9 Å². The normalized spacial score (nSPS) is 30.1. The summed E-state index contributed by atoms with van der Waals surface area (Å²) in [6.45, 7) is 4.24. The minimum atomic E-state index is -3.38. The van der Waals surface area contributed by atoms with Crippen LogP contribution in [0.2, 0.25) is 0 Å². The van der Waals surface area contributed by atoms with E-state index in [-0.39, 0.29) is 5.60 Å². The molecule has 1 atom stereocenters. The molecule has 0 radical (unpaired) electrons. The number of hydrogen-bond donors (Lipinski definition) is 1. The predicted octanol–water partition coefficient (Wildman–Crippen LogP) is 0.233. The minimum absolute atomic E-state index is 0.352. The maximum atomic E-state index is 11.0. The van der Waals surface area contributed by atoms with Gasteiger partial charge in [0.1, 0.15) is 0 Å². The molecule has 1 saturated heterocycles. The average Bonchev–Trinajstić information content (AvgIpc) is 1.83. The fraction of sp³-hybridized carbons (Fsp3) is 1.00. The molecule has 1 aliphatic heterocycles. The van der Waals surface area contributed by atoms with Crippen LogP contribution in [0.1, 0.15) is 26.7 Å². The summed E-state index contributed by atoms with van der Waals surface area (Å²) >= 11 is 0. The number of sulfonamides is 1. The first-order valence-electron chi connectivity index (χ1n) is 3.97. The van der Waals surface area contributed by atoms with Crippen molar-refractivity contribution in [3.8, 4) is 0 Å². The fourth-order valence-electron chi connectivity index (χ4n) is 1.46. The third kappa shape index (κ3) is 2.43. The lowest BCUT2D eigenvalue weighted by atomic mass is 9.98. The van der Waals surface area contributed by atoms with E-state index in [4.69, 9.17) is 9.88 Å². The highest BCUT2D eigenvalue weighted by molar-refractivity contribution is 7.89. The Morgan fingerprint density at radius 3 is 2.42 bits per heavy atom. The first kappa shape index (κ1) is 9.95. The molecule has 1 fully saturated rings. The molecular formula is C7H15NO3S. The van der Waals surface area contributed by atoms with Crippen LogP contribution in [0.15, 0.2) is 0 Å². The van der Waals surface area contributed by atoms with E-state index in [1.54, 1.807) is 0 Å². The second kappa shape index (κ2) is 2.97. The first-order chi connectivity index (χ1) is 5.31. The molecule has 5 heteroatoms. The van der Waals surface area contributed by atoms with Gasteiger partial charge < -0.3 is 4.74 Å². The maximum absolute atomic E-state index is 11.0. The molecule has 0 aromatic carbocycles. The Kier molecular flexibility index (Phi) is 2.47. The molecule has 4 nitrogen and oxygen atoms in total. The molecule has 0 aliphatic carbocycles. The molecule has 12 heavy (non-hydrogen) atoms. The van der Waals surface area contributed by atoms with Crippen LogP contribution in [0.4, 0.5) is 0 Å². The lowest BCUT2D eigenvalue weighted by molar-refractivity contribution is -0.0495. The topological polar surface area (TPSA) is 69.4 Å². The van der Waals surface area contributed by atoms with Gasteiger partial charge in [-0.1, -0.05) is 0 Å². The highest BCUT2D eigenvalue weighted by Crippen LogP contribution is 2.26. The third-order valence-corrected chi connectivity index (χ3v) is 3.45. The molecule has 0 saturated carbocycles. The molecule has 1 heterocycles.